The SMILES string of the molecule is CCNC(=NCCCOCC(C)C)NC1CCN(c2cccs2)CC1. The number of rotatable bonds is 9. The summed E-state index contributed by atoms with van der Waals surface area (Å²) in [5.74, 6) is 1.54. The van der Waals surface area contributed by atoms with Crippen LogP contribution < -0.4 is 15.5 Å². The minimum absolute atomic E-state index is 0.506. The molecule has 1 saturated heterocycles. The van der Waals surface area contributed by atoms with Crippen LogP contribution in [0.3, 0.4) is 0 Å². The first-order valence-electron chi connectivity index (χ1n) is 9.60. The molecule has 0 amide bonds. The number of hydrogen-bond acceptors (Lipinski definition) is 4. The van der Waals surface area contributed by atoms with Crippen molar-refractivity contribution in [2.45, 2.75) is 46.1 Å². The van der Waals surface area contributed by atoms with Gasteiger partial charge < -0.3 is 20.3 Å². The predicted molar refractivity (Wildman–Crippen MR) is 109 cm³/mol. The van der Waals surface area contributed by atoms with E-state index in [1.165, 1.54) is 5.00 Å². The zero-order chi connectivity index (χ0) is 17.9. The van der Waals surface area contributed by atoms with Crippen molar-refractivity contribution in [3.05, 3.63) is 17.5 Å². The number of thiophene rings is 1. The van der Waals surface area contributed by atoms with Crippen molar-refractivity contribution in [1.29, 1.82) is 0 Å². The number of guanidine groups is 1. The Morgan fingerprint density at radius 2 is 2.20 bits per heavy atom. The fourth-order valence-corrected chi connectivity index (χ4v) is 3.67. The highest BCUT2D eigenvalue weighted by atomic mass is 32.1. The molecule has 0 atom stereocenters. The average molecular weight is 367 g/mol. The second-order valence-electron chi connectivity index (χ2n) is 6.94. The monoisotopic (exact) mass is 366 g/mol. The first-order chi connectivity index (χ1) is 12.2. The lowest BCUT2D eigenvalue weighted by atomic mass is 10.1. The van der Waals surface area contributed by atoms with Crippen LogP contribution in [0.1, 0.15) is 40.0 Å². The highest BCUT2D eigenvalue weighted by Gasteiger charge is 2.20. The van der Waals surface area contributed by atoms with Gasteiger partial charge in [-0.25, -0.2) is 0 Å². The molecule has 0 unspecified atom stereocenters. The zero-order valence-corrected chi connectivity index (χ0v) is 16.8. The Balaban J connectivity index is 1.69. The van der Waals surface area contributed by atoms with Crippen molar-refractivity contribution in [1.82, 2.24) is 10.6 Å². The summed E-state index contributed by atoms with van der Waals surface area (Å²) in [6, 6.07) is 4.85. The van der Waals surface area contributed by atoms with Gasteiger partial charge in [0.2, 0.25) is 0 Å². The van der Waals surface area contributed by atoms with Crippen LogP contribution in [0.4, 0.5) is 5.00 Å². The molecule has 6 heteroatoms. The maximum atomic E-state index is 5.62. The highest BCUT2D eigenvalue weighted by molar-refractivity contribution is 7.14. The van der Waals surface area contributed by atoms with E-state index in [0.717, 1.165) is 64.6 Å². The quantitative estimate of drug-likeness (QED) is 0.400. The first-order valence-corrected chi connectivity index (χ1v) is 10.5. The van der Waals surface area contributed by atoms with Gasteiger partial charge >= 0.3 is 0 Å². The molecule has 0 bridgehead atoms. The molecule has 2 N–H and O–H groups in total. The van der Waals surface area contributed by atoms with Crippen LogP contribution in [-0.2, 0) is 4.74 Å². The van der Waals surface area contributed by atoms with E-state index in [0.29, 0.717) is 12.0 Å². The molecule has 0 radical (unpaired) electrons. The molecule has 5 nitrogen and oxygen atoms in total. The number of hydrogen-bond donors (Lipinski definition) is 2. The Morgan fingerprint density at radius 3 is 2.84 bits per heavy atom. The third-order valence-electron chi connectivity index (χ3n) is 4.17. The van der Waals surface area contributed by atoms with Crippen molar-refractivity contribution >= 4 is 22.3 Å². The summed E-state index contributed by atoms with van der Waals surface area (Å²) in [7, 11) is 0. The van der Waals surface area contributed by atoms with Gasteiger partial charge in [-0.15, -0.1) is 11.3 Å². The summed E-state index contributed by atoms with van der Waals surface area (Å²) in [5.41, 5.74) is 0. The molecule has 0 spiro atoms. The van der Waals surface area contributed by atoms with E-state index in [2.05, 4.69) is 53.8 Å². The molecule has 2 rings (SSSR count). The highest BCUT2D eigenvalue weighted by Crippen LogP contribution is 2.24. The minimum atomic E-state index is 0.506. The van der Waals surface area contributed by atoms with Gasteiger partial charge in [-0.05, 0) is 49.6 Å². The maximum absolute atomic E-state index is 5.62. The average Bonchev–Trinajstić information content (AvgIpc) is 3.13. The minimum Gasteiger partial charge on any atom is -0.381 e. The first kappa shape index (κ1) is 20.0. The number of piperidine rings is 1. The molecule has 1 aromatic heterocycles. The summed E-state index contributed by atoms with van der Waals surface area (Å²) in [6.45, 7) is 12.0. The molecule has 1 aliphatic heterocycles. The van der Waals surface area contributed by atoms with Crippen molar-refractivity contribution in [3.8, 4) is 0 Å². The number of nitrogens with one attached hydrogen (secondary N) is 2. The van der Waals surface area contributed by atoms with Gasteiger partial charge in [0.1, 0.15) is 0 Å². The van der Waals surface area contributed by atoms with Crippen molar-refractivity contribution in [2.75, 3.05) is 44.3 Å². The number of anilines is 1. The van der Waals surface area contributed by atoms with Gasteiger partial charge in [0.15, 0.2) is 5.96 Å². The van der Waals surface area contributed by atoms with Crippen LogP contribution in [0.5, 0.6) is 0 Å². The molecule has 2 heterocycles. The summed E-state index contributed by atoms with van der Waals surface area (Å²) >= 11 is 1.83. The maximum Gasteiger partial charge on any atom is 0.191 e. The van der Waals surface area contributed by atoms with Crippen LogP contribution in [0.15, 0.2) is 22.5 Å². The Bertz CT molecular complexity index is 482. The van der Waals surface area contributed by atoms with E-state index >= 15 is 0 Å². The largest absolute Gasteiger partial charge is 0.381 e. The van der Waals surface area contributed by atoms with Gasteiger partial charge in [-0.3, -0.25) is 4.99 Å². The van der Waals surface area contributed by atoms with Crippen molar-refractivity contribution < 1.29 is 4.74 Å². The van der Waals surface area contributed by atoms with Crippen molar-refractivity contribution in [2.24, 2.45) is 10.9 Å². The van der Waals surface area contributed by atoms with Gasteiger partial charge in [-0.1, -0.05) is 13.8 Å². The molecular weight excluding hydrogens is 332 g/mol. The molecule has 0 aliphatic carbocycles. The van der Waals surface area contributed by atoms with Crippen LogP contribution in [-0.4, -0.2) is 51.4 Å². The van der Waals surface area contributed by atoms with Crippen molar-refractivity contribution in [3.63, 3.8) is 0 Å². The standard InChI is InChI=1S/C19H34N4OS/c1-4-20-19(21-10-6-13-24-15-16(2)3)22-17-8-11-23(12-9-17)18-7-5-14-25-18/h5,7,14,16-17H,4,6,8-13,15H2,1-3H3,(H2,20,21,22). The lowest BCUT2D eigenvalue weighted by molar-refractivity contribution is 0.109. The molecule has 0 saturated carbocycles. The lowest BCUT2D eigenvalue weighted by Gasteiger charge is -2.33. The summed E-state index contributed by atoms with van der Waals surface area (Å²) in [6.07, 6.45) is 3.28. The van der Waals surface area contributed by atoms with E-state index in [1.54, 1.807) is 0 Å². The van der Waals surface area contributed by atoms with Crippen LogP contribution in [0.25, 0.3) is 0 Å². The fraction of sp³-hybridized carbons (Fsp3) is 0.737. The third-order valence-corrected chi connectivity index (χ3v) is 5.09. The molecule has 1 aliphatic rings. The van der Waals surface area contributed by atoms with Crippen LogP contribution >= 0.6 is 11.3 Å². The van der Waals surface area contributed by atoms with E-state index < -0.39 is 0 Å². The second kappa shape index (κ2) is 11.4. The topological polar surface area (TPSA) is 48.9 Å². The third kappa shape index (κ3) is 7.65. The lowest BCUT2D eigenvalue weighted by Crippen LogP contribution is -2.48. The van der Waals surface area contributed by atoms with E-state index in [9.17, 15) is 0 Å². The van der Waals surface area contributed by atoms with E-state index in [1.807, 2.05) is 11.3 Å². The fourth-order valence-electron chi connectivity index (χ4n) is 2.88. The molecule has 0 aromatic carbocycles. The molecule has 142 valence electrons. The van der Waals surface area contributed by atoms with Gasteiger partial charge in [0.05, 0.1) is 5.00 Å². The summed E-state index contributed by atoms with van der Waals surface area (Å²) in [4.78, 5) is 7.18. The Kier molecular flexibility index (Phi) is 9.11. The number of nitrogens with zero attached hydrogens (tertiary/aromatic N) is 2. The molecule has 25 heavy (non-hydrogen) atoms. The molecule has 1 fully saturated rings. The number of aliphatic imine (C=N–C) groups is 1. The second-order valence-corrected chi connectivity index (χ2v) is 7.87. The smallest absolute Gasteiger partial charge is 0.191 e. The van der Waals surface area contributed by atoms with Crippen LogP contribution in [0, 0.1) is 5.92 Å². The van der Waals surface area contributed by atoms with Gasteiger partial charge in [0, 0.05) is 45.4 Å². The van der Waals surface area contributed by atoms with Gasteiger partial charge in [0.25, 0.3) is 0 Å². The van der Waals surface area contributed by atoms with Gasteiger partial charge in [-0.2, -0.15) is 0 Å². The zero-order valence-electron chi connectivity index (χ0n) is 16.0. The summed E-state index contributed by atoms with van der Waals surface area (Å²) in [5, 5.41) is 10.5. The number of ether oxygens (including phenoxy) is 1. The summed E-state index contributed by atoms with van der Waals surface area (Å²) < 4.78 is 5.62. The Labute approximate surface area is 156 Å². The van der Waals surface area contributed by atoms with E-state index in [-0.39, 0.29) is 0 Å². The Morgan fingerprint density at radius 1 is 1.40 bits per heavy atom. The van der Waals surface area contributed by atoms with Crippen LogP contribution in [0.2, 0.25) is 0 Å². The Hall–Kier alpha value is -1.27. The van der Waals surface area contributed by atoms with E-state index in [4.69, 9.17) is 9.73 Å². The predicted octanol–water partition coefficient (Wildman–Crippen LogP) is 3.33. The normalized spacial score (nSPS) is 16.5. The molecular formula is C19H34N4OS. The molecule has 1 aromatic rings.